The number of hydrazone groups is 1. The Kier molecular flexibility index (Phi) is 5.94. The molecular formula is C17H17N3O5. The maximum atomic E-state index is 11.8. The van der Waals surface area contributed by atoms with Crippen LogP contribution in [0.15, 0.2) is 47.6 Å². The number of amides is 2. The van der Waals surface area contributed by atoms with Crippen LogP contribution in [-0.4, -0.2) is 37.4 Å². The number of carbonyl (C=O) groups excluding carboxylic acids is 2. The van der Waals surface area contributed by atoms with Gasteiger partial charge in [0.1, 0.15) is 17.2 Å². The lowest BCUT2D eigenvalue weighted by Crippen LogP contribution is -2.32. The van der Waals surface area contributed by atoms with Crippen LogP contribution in [0, 0.1) is 0 Å². The molecule has 3 N–H and O–H groups in total. The zero-order valence-electron chi connectivity index (χ0n) is 13.6. The Labute approximate surface area is 144 Å². The summed E-state index contributed by atoms with van der Waals surface area (Å²) in [7, 11) is 3.01. The number of aromatic hydroxyl groups is 1. The third kappa shape index (κ3) is 4.96. The van der Waals surface area contributed by atoms with Crippen molar-refractivity contribution in [3.8, 4) is 17.2 Å². The molecule has 0 unspecified atom stereocenters. The Bertz CT molecular complexity index is 787. The lowest BCUT2D eigenvalue weighted by Gasteiger charge is -2.05. The van der Waals surface area contributed by atoms with Crippen molar-refractivity contribution in [1.82, 2.24) is 5.43 Å². The van der Waals surface area contributed by atoms with Gasteiger partial charge >= 0.3 is 11.8 Å². The lowest BCUT2D eigenvalue weighted by molar-refractivity contribution is -0.136. The Balaban J connectivity index is 1.93. The van der Waals surface area contributed by atoms with E-state index in [0.717, 1.165) is 0 Å². The van der Waals surface area contributed by atoms with Gasteiger partial charge in [0.25, 0.3) is 0 Å². The van der Waals surface area contributed by atoms with E-state index in [4.69, 9.17) is 9.47 Å². The Morgan fingerprint density at radius 3 is 2.28 bits per heavy atom. The van der Waals surface area contributed by atoms with Gasteiger partial charge in [-0.15, -0.1) is 0 Å². The molecule has 0 spiro atoms. The van der Waals surface area contributed by atoms with E-state index in [1.54, 1.807) is 30.3 Å². The number of carbonyl (C=O) groups is 2. The molecule has 0 atom stereocenters. The van der Waals surface area contributed by atoms with Gasteiger partial charge in [0.05, 0.1) is 20.4 Å². The topological polar surface area (TPSA) is 109 Å². The van der Waals surface area contributed by atoms with E-state index >= 15 is 0 Å². The van der Waals surface area contributed by atoms with Gasteiger partial charge in [-0.05, 0) is 42.5 Å². The number of rotatable bonds is 5. The fourth-order valence-electron chi connectivity index (χ4n) is 1.84. The predicted octanol–water partition coefficient (Wildman–Crippen LogP) is 1.50. The Morgan fingerprint density at radius 2 is 1.64 bits per heavy atom. The summed E-state index contributed by atoms with van der Waals surface area (Å²) in [6, 6.07) is 11.0. The van der Waals surface area contributed by atoms with Crippen molar-refractivity contribution in [2.75, 3.05) is 19.5 Å². The van der Waals surface area contributed by atoms with Crippen molar-refractivity contribution in [3.05, 3.63) is 48.0 Å². The molecule has 130 valence electrons. The smallest absolute Gasteiger partial charge is 0.329 e. The minimum atomic E-state index is -0.950. The largest absolute Gasteiger partial charge is 0.507 e. The van der Waals surface area contributed by atoms with Gasteiger partial charge in [-0.2, -0.15) is 5.10 Å². The number of methoxy groups -OCH3 is 2. The first-order valence-electron chi connectivity index (χ1n) is 7.19. The zero-order chi connectivity index (χ0) is 18.2. The number of phenolic OH excluding ortho intramolecular Hbond substituents is 1. The Morgan fingerprint density at radius 1 is 1.00 bits per heavy atom. The number of ether oxygens (including phenoxy) is 2. The molecule has 0 saturated heterocycles. The predicted molar refractivity (Wildman–Crippen MR) is 92.0 cm³/mol. The lowest BCUT2D eigenvalue weighted by atomic mass is 10.2. The van der Waals surface area contributed by atoms with Gasteiger partial charge in [0.15, 0.2) is 0 Å². The first kappa shape index (κ1) is 17.8. The first-order chi connectivity index (χ1) is 12.0. The molecule has 8 nitrogen and oxygen atoms in total. The summed E-state index contributed by atoms with van der Waals surface area (Å²) in [5.41, 5.74) is 2.85. The molecule has 0 aliphatic rings. The number of phenols is 1. The Hall–Kier alpha value is -3.55. The molecule has 2 aromatic rings. The van der Waals surface area contributed by atoms with E-state index in [9.17, 15) is 14.7 Å². The van der Waals surface area contributed by atoms with Gasteiger partial charge < -0.3 is 19.9 Å². The molecule has 0 radical (unpaired) electrons. The van der Waals surface area contributed by atoms with Gasteiger partial charge in [-0.25, -0.2) is 5.43 Å². The summed E-state index contributed by atoms with van der Waals surface area (Å²) < 4.78 is 10.0. The van der Waals surface area contributed by atoms with Gasteiger partial charge in [-0.3, -0.25) is 9.59 Å². The molecular weight excluding hydrogens is 326 g/mol. The average Bonchev–Trinajstić information content (AvgIpc) is 2.63. The monoisotopic (exact) mass is 343 g/mol. The molecule has 2 amide bonds. The highest BCUT2D eigenvalue weighted by Crippen LogP contribution is 2.21. The number of anilines is 1. The molecule has 0 heterocycles. The minimum Gasteiger partial charge on any atom is -0.507 e. The molecule has 8 heteroatoms. The molecule has 0 bridgehead atoms. The molecule has 0 aliphatic heterocycles. The van der Waals surface area contributed by atoms with Gasteiger partial charge in [0, 0.05) is 11.3 Å². The second-order valence-electron chi connectivity index (χ2n) is 4.81. The van der Waals surface area contributed by atoms with Crippen LogP contribution in [-0.2, 0) is 9.59 Å². The molecule has 0 aliphatic carbocycles. The highest BCUT2D eigenvalue weighted by Gasteiger charge is 2.13. The van der Waals surface area contributed by atoms with E-state index in [1.165, 1.54) is 32.6 Å². The van der Waals surface area contributed by atoms with Gasteiger partial charge in [-0.1, -0.05) is 0 Å². The second-order valence-corrected chi connectivity index (χ2v) is 4.81. The van der Waals surface area contributed by atoms with Crippen LogP contribution in [0.3, 0.4) is 0 Å². The van der Waals surface area contributed by atoms with Crippen LogP contribution in [0.4, 0.5) is 5.69 Å². The first-order valence-corrected chi connectivity index (χ1v) is 7.19. The molecule has 0 saturated carbocycles. The van der Waals surface area contributed by atoms with E-state index in [1.807, 2.05) is 0 Å². The maximum absolute atomic E-state index is 11.8. The number of hydrogen-bond donors (Lipinski definition) is 3. The van der Waals surface area contributed by atoms with Crippen molar-refractivity contribution in [2.24, 2.45) is 5.10 Å². The molecule has 25 heavy (non-hydrogen) atoms. The summed E-state index contributed by atoms with van der Waals surface area (Å²) in [5.74, 6) is -0.721. The fourth-order valence-corrected chi connectivity index (χ4v) is 1.84. The summed E-state index contributed by atoms with van der Waals surface area (Å²) in [6.45, 7) is 0. The van der Waals surface area contributed by atoms with Crippen LogP contribution in [0.25, 0.3) is 0 Å². The third-order valence-corrected chi connectivity index (χ3v) is 3.16. The van der Waals surface area contributed by atoms with Crippen LogP contribution in [0.5, 0.6) is 17.2 Å². The van der Waals surface area contributed by atoms with E-state index in [2.05, 4.69) is 15.8 Å². The maximum Gasteiger partial charge on any atom is 0.329 e. The van der Waals surface area contributed by atoms with Crippen molar-refractivity contribution in [3.63, 3.8) is 0 Å². The van der Waals surface area contributed by atoms with E-state index in [0.29, 0.717) is 22.7 Å². The SMILES string of the molecule is COc1ccc(NC(=O)C(=O)NN=Cc2cc(OC)ccc2O)cc1. The van der Waals surface area contributed by atoms with Crippen molar-refractivity contribution in [2.45, 2.75) is 0 Å². The fraction of sp³-hybridized carbons (Fsp3) is 0.118. The van der Waals surface area contributed by atoms with Crippen LogP contribution < -0.4 is 20.2 Å². The number of hydrogen-bond acceptors (Lipinski definition) is 6. The molecule has 0 aromatic heterocycles. The number of benzene rings is 2. The summed E-state index contributed by atoms with van der Waals surface area (Å²) in [4.78, 5) is 23.5. The number of nitrogens with zero attached hydrogens (tertiary/aromatic N) is 1. The normalized spacial score (nSPS) is 10.3. The van der Waals surface area contributed by atoms with Crippen molar-refractivity contribution in [1.29, 1.82) is 0 Å². The quantitative estimate of drug-likeness (QED) is 0.433. The highest BCUT2D eigenvalue weighted by atomic mass is 16.5. The second kappa shape index (κ2) is 8.34. The van der Waals surface area contributed by atoms with E-state index in [-0.39, 0.29) is 5.75 Å². The minimum absolute atomic E-state index is 0.0403. The van der Waals surface area contributed by atoms with E-state index < -0.39 is 11.8 Å². The average molecular weight is 343 g/mol. The van der Waals surface area contributed by atoms with Crippen LogP contribution >= 0.6 is 0 Å². The van der Waals surface area contributed by atoms with Crippen molar-refractivity contribution < 1.29 is 24.2 Å². The zero-order valence-corrected chi connectivity index (χ0v) is 13.6. The highest BCUT2D eigenvalue weighted by molar-refractivity contribution is 6.39. The summed E-state index contributed by atoms with van der Waals surface area (Å²) in [5, 5.41) is 15.8. The van der Waals surface area contributed by atoms with Crippen molar-refractivity contribution >= 4 is 23.7 Å². The van der Waals surface area contributed by atoms with Gasteiger partial charge in [0.2, 0.25) is 0 Å². The summed E-state index contributed by atoms with van der Waals surface area (Å²) in [6.07, 6.45) is 1.20. The molecule has 0 fully saturated rings. The van der Waals surface area contributed by atoms with Crippen LogP contribution in [0.1, 0.15) is 5.56 Å². The standard InChI is InChI=1S/C17H17N3O5/c1-24-13-5-3-12(4-6-13)19-16(22)17(23)20-18-10-11-9-14(25-2)7-8-15(11)21/h3-10,21H,1-2H3,(H,19,22)(H,20,23). The number of nitrogens with one attached hydrogen (secondary N) is 2. The molecule has 2 aromatic carbocycles. The third-order valence-electron chi connectivity index (χ3n) is 3.16. The summed E-state index contributed by atoms with van der Waals surface area (Å²) >= 11 is 0. The molecule has 2 rings (SSSR count). The van der Waals surface area contributed by atoms with Crippen LogP contribution in [0.2, 0.25) is 0 Å².